The van der Waals surface area contributed by atoms with Gasteiger partial charge in [0.2, 0.25) is 0 Å². The molecule has 0 bridgehead atoms. The van der Waals surface area contributed by atoms with Gasteiger partial charge in [0.15, 0.2) is 0 Å². The molecule has 0 aliphatic carbocycles. The van der Waals surface area contributed by atoms with Gasteiger partial charge >= 0.3 is 0 Å². The predicted octanol–water partition coefficient (Wildman–Crippen LogP) is 3.79. The van der Waals surface area contributed by atoms with E-state index in [-0.39, 0.29) is 0 Å². The van der Waals surface area contributed by atoms with Gasteiger partial charge in [0, 0.05) is 16.8 Å². The third-order valence-corrected chi connectivity index (χ3v) is 3.54. The third-order valence-electron chi connectivity index (χ3n) is 2.25. The molecule has 0 saturated heterocycles. The van der Waals surface area contributed by atoms with Gasteiger partial charge in [-0.05, 0) is 30.7 Å². The lowest BCUT2D eigenvalue weighted by Crippen LogP contribution is -1.96. The van der Waals surface area contributed by atoms with Crippen molar-refractivity contribution in [2.24, 2.45) is 0 Å². The Morgan fingerprint density at radius 3 is 2.88 bits per heavy atom. The molecule has 2 rings (SSSR count). The van der Waals surface area contributed by atoms with Crippen LogP contribution in [0.15, 0.2) is 43.1 Å². The van der Waals surface area contributed by atoms with Gasteiger partial charge in [0.1, 0.15) is 5.82 Å². The van der Waals surface area contributed by atoms with Crippen molar-refractivity contribution in [1.29, 1.82) is 0 Å². The zero-order valence-corrected chi connectivity index (χ0v) is 10.1. The number of nitrogens with zero attached hydrogens (tertiary/aromatic N) is 1. The molecular weight excluding hydrogens is 216 g/mol. The van der Waals surface area contributed by atoms with Crippen LogP contribution in [0, 0.1) is 0 Å². The van der Waals surface area contributed by atoms with Crippen molar-refractivity contribution in [2.75, 3.05) is 5.32 Å². The second-order valence-electron chi connectivity index (χ2n) is 3.44. The maximum atomic E-state index is 4.20. The Labute approximate surface area is 99.7 Å². The number of aromatic nitrogens is 1. The number of thiophene rings is 1. The Morgan fingerprint density at radius 2 is 2.25 bits per heavy atom. The van der Waals surface area contributed by atoms with Crippen molar-refractivity contribution in [3.8, 4) is 0 Å². The average Bonchev–Trinajstić information content (AvgIpc) is 2.79. The number of pyridine rings is 1. The first-order valence-electron chi connectivity index (χ1n) is 5.25. The average molecular weight is 230 g/mol. The topological polar surface area (TPSA) is 24.9 Å². The van der Waals surface area contributed by atoms with Crippen LogP contribution >= 0.6 is 11.3 Å². The van der Waals surface area contributed by atoms with Gasteiger partial charge in [-0.15, -0.1) is 11.3 Å². The molecule has 0 aromatic carbocycles. The zero-order valence-electron chi connectivity index (χ0n) is 9.23. The van der Waals surface area contributed by atoms with Crippen molar-refractivity contribution in [3.05, 3.63) is 52.9 Å². The van der Waals surface area contributed by atoms with E-state index in [1.54, 1.807) is 17.5 Å². The highest BCUT2D eigenvalue weighted by molar-refractivity contribution is 7.13. The quantitative estimate of drug-likeness (QED) is 0.864. The van der Waals surface area contributed by atoms with E-state index in [0.29, 0.717) is 0 Å². The van der Waals surface area contributed by atoms with E-state index < -0.39 is 0 Å². The largest absolute Gasteiger partial charge is 0.340 e. The lowest BCUT2D eigenvalue weighted by Gasteiger charge is -2.05. The first kappa shape index (κ1) is 10.9. The smallest absolute Gasteiger partial charge is 0.130 e. The maximum absolute atomic E-state index is 4.20. The normalized spacial score (nSPS) is 10.1. The molecular formula is C13H14N2S. The summed E-state index contributed by atoms with van der Waals surface area (Å²) in [5.41, 5.74) is 0.906. The summed E-state index contributed by atoms with van der Waals surface area (Å²) in [4.78, 5) is 6.75. The van der Waals surface area contributed by atoms with E-state index >= 15 is 0 Å². The van der Waals surface area contributed by atoms with Crippen LogP contribution in [0.5, 0.6) is 0 Å². The van der Waals surface area contributed by atoms with Crippen LogP contribution in [0.25, 0.3) is 5.70 Å². The van der Waals surface area contributed by atoms with E-state index in [1.165, 1.54) is 9.75 Å². The minimum Gasteiger partial charge on any atom is -0.340 e. The molecule has 3 heteroatoms. The summed E-state index contributed by atoms with van der Waals surface area (Å²) in [6.45, 7) is 6.18. The Morgan fingerprint density at radius 1 is 1.38 bits per heavy atom. The highest BCUT2D eigenvalue weighted by Gasteiger charge is 2.03. The fourth-order valence-electron chi connectivity index (χ4n) is 1.38. The van der Waals surface area contributed by atoms with Crippen LogP contribution < -0.4 is 5.32 Å². The van der Waals surface area contributed by atoms with Crippen LogP contribution in [0.1, 0.15) is 16.7 Å². The monoisotopic (exact) mass is 230 g/mol. The Bertz CT molecular complexity index is 474. The maximum Gasteiger partial charge on any atom is 0.130 e. The first-order chi connectivity index (χ1) is 7.79. The van der Waals surface area contributed by atoms with Gasteiger partial charge in [-0.1, -0.05) is 19.6 Å². The second-order valence-corrected chi connectivity index (χ2v) is 4.61. The second kappa shape index (κ2) is 4.94. The summed E-state index contributed by atoms with van der Waals surface area (Å²) in [6, 6.07) is 10.0. The molecule has 2 aromatic rings. The number of hydrogen-bond donors (Lipinski definition) is 1. The molecule has 2 aromatic heterocycles. The molecule has 2 heterocycles. The molecule has 2 nitrogen and oxygen atoms in total. The van der Waals surface area contributed by atoms with Crippen LogP contribution in [0.2, 0.25) is 0 Å². The van der Waals surface area contributed by atoms with Gasteiger partial charge < -0.3 is 5.32 Å². The highest BCUT2D eigenvalue weighted by atomic mass is 32.1. The molecule has 1 N–H and O–H groups in total. The lowest BCUT2D eigenvalue weighted by atomic mass is 10.3. The standard InChI is InChI=1S/C13H14N2S/c1-3-11-7-8-12(16-11)10(2)15-13-6-4-5-9-14-13/h4-9H,2-3H2,1H3,(H,14,15). The fourth-order valence-corrected chi connectivity index (χ4v) is 2.26. The van der Waals surface area contributed by atoms with E-state index in [0.717, 1.165) is 17.9 Å². The van der Waals surface area contributed by atoms with Gasteiger partial charge in [-0.2, -0.15) is 0 Å². The van der Waals surface area contributed by atoms with Gasteiger partial charge in [0.05, 0.1) is 4.88 Å². The molecule has 0 fully saturated rings. The molecule has 0 spiro atoms. The summed E-state index contributed by atoms with van der Waals surface area (Å²) in [5, 5.41) is 3.20. The van der Waals surface area contributed by atoms with E-state index in [1.807, 2.05) is 18.2 Å². The van der Waals surface area contributed by atoms with E-state index in [4.69, 9.17) is 0 Å². The summed E-state index contributed by atoms with van der Waals surface area (Å²) in [5.74, 6) is 0.832. The summed E-state index contributed by atoms with van der Waals surface area (Å²) < 4.78 is 0. The Kier molecular flexibility index (Phi) is 3.37. The van der Waals surface area contributed by atoms with Crippen LogP contribution in [0.3, 0.4) is 0 Å². The van der Waals surface area contributed by atoms with Gasteiger partial charge in [-0.25, -0.2) is 4.98 Å². The zero-order chi connectivity index (χ0) is 11.4. The molecule has 0 radical (unpaired) electrons. The predicted molar refractivity (Wildman–Crippen MR) is 70.6 cm³/mol. The molecule has 0 aliphatic rings. The lowest BCUT2D eigenvalue weighted by molar-refractivity contribution is 1.19. The molecule has 16 heavy (non-hydrogen) atoms. The van der Waals surface area contributed by atoms with Crippen molar-refractivity contribution in [3.63, 3.8) is 0 Å². The molecule has 0 aliphatic heterocycles. The molecule has 0 saturated carbocycles. The number of hydrogen-bond acceptors (Lipinski definition) is 3. The minimum atomic E-state index is 0.832. The van der Waals surface area contributed by atoms with Crippen molar-refractivity contribution in [2.45, 2.75) is 13.3 Å². The summed E-state index contributed by atoms with van der Waals surface area (Å²) in [7, 11) is 0. The van der Waals surface area contributed by atoms with Gasteiger partial charge in [0.25, 0.3) is 0 Å². The molecule has 82 valence electrons. The minimum absolute atomic E-state index is 0.832. The summed E-state index contributed by atoms with van der Waals surface area (Å²) in [6.07, 6.45) is 2.84. The fraction of sp³-hybridized carbons (Fsp3) is 0.154. The van der Waals surface area contributed by atoms with E-state index in [2.05, 4.69) is 35.9 Å². The molecule has 0 unspecified atom stereocenters. The first-order valence-corrected chi connectivity index (χ1v) is 6.07. The van der Waals surface area contributed by atoms with Crippen molar-refractivity contribution in [1.82, 2.24) is 4.98 Å². The van der Waals surface area contributed by atoms with E-state index in [9.17, 15) is 0 Å². The Hall–Kier alpha value is -1.61. The number of aryl methyl sites for hydroxylation is 1. The third kappa shape index (κ3) is 2.49. The number of anilines is 1. The highest BCUT2D eigenvalue weighted by Crippen LogP contribution is 2.24. The van der Waals surface area contributed by atoms with Crippen LogP contribution in [-0.4, -0.2) is 4.98 Å². The van der Waals surface area contributed by atoms with Crippen LogP contribution in [-0.2, 0) is 6.42 Å². The Balaban J connectivity index is 2.09. The number of nitrogens with one attached hydrogen (secondary N) is 1. The SMILES string of the molecule is C=C(Nc1ccccn1)c1ccc(CC)s1. The van der Waals surface area contributed by atoms with Crippen molar-refractivity contribution < 1.29 is 0 Å². The summed E-state index contributed by atoms with van der Waals surface area (Å²) >= 11 is 1.77. The molecule has 0 atom stereocenters. The van der Waals surface area contributed by atoms with Gasteiger partial charge in [-0.3, -0.25) is 0 Å². The molecule has 0 amide bonds. The van der Waals surface area contributed by atoms with Crippen LogP contribution in [0.4, 0.5) is 5.82 Å². The number of rotatable bonds is 4. The van der Waals surface area contributed by atoms with Crippen molar-refractivity contribution >= 4 is 22.9 Å².